The number of para-hydroxylation sites is 1. The Kier molecular flexibility index (Phi) is 5.29. The van der Waals surface area contributed by atoms with Gasteiger partial charge in [-0.15, -0.1) is 0 Å². The van der Waals surface area contributed by atoms with Gasteiger partial charge in [-0.25, -0.2) is 0 Å². The van der Waals surface area contributed by atoms with Crippen molar-refractivity contribution in [2.75, 3.05) is 27.2 Å². The number of phenolic OH excluding ortho intramolecular Hbond substituents is 1. The predicted molar refractivity (Wildman–Crippen MR) is 67.7 cm³/mol. The average Bonchev–Trinajstić information content (AvgIpc) is 2.30. The van der Waals surface area contributed by atoms with Gasteiger partial charge in [0.05, 0.1) is 0 Å². The number of phenols is 1. The molecule has 0 saturated heterocycles. The Hall–Kier alpha value is -1.06. The van der Waals surface area contributed by atoms with Crippen LogP contribution in [-0.4, -0.2) is 37.2 Å². The molecular formula is C13H22N2O. The third kappa shape index (κ3) is 3.22. The highest BCUT2D eigenvalue weighted by Crippen LogP contribution is 2.29. The molecule has 0 aromatic heterocycles. The van der Waals surface area contributed by atoms with E-state index in [1.54, 1.807) is 6.07 Å². The van der Waals surface area contributed by atoms with E-state index in [1.165, 1.54) is 0 Å². The highest BCUT2D eigenvalue weighted by molar-refractivity contribution is 5.34. The van der Waals surface area contributed by atoms with Crippen LogP contribution in [0.5, 0.6) is 5.75 Å². The van der Waals surface area contributed by atoms with E-state index in [0.29, 0.717) is 5.75 Å². The van der Waals surface area contributed by atoms with Gasteiger partial charge in [-0.2, -0.15) is 0 Å². The fraction of sp³-hybridized carbons (Fsp3) is 0.538. The number of benzene rings is 1. The molecule has 0 saturated carbocycles. The van der Waals surface area contributed by atoms with Gasteiger partial charge in [0.15, 0.2) is 0 Å². The van der Waals surface area contributed by atoms with Crippen LogP contribution >= 0.6 is 0 Å². The molecule has 16 heavy (non-hydrogen) atoms. The van der Waals surface area contributed by atoms with E-state index < -0.39 is 0 Å². The van der Waals surface area contributed by atoms with Crippen molar-refractivity contribution in [3.8, 4) is 5.75 Å². The Morgan fingerprint density at radius 1 is 1.38 bits per heavy atom. The zero-order chi connectivity index (χ0) is 12.0. The van der Waals surface area contributed by atoms with Gasteiger partial charge < -0.3 is 10.4 Å². The third-order valence-corrected chi connectivity index (χ3v) is 2.93. The first-order chi connectivity index (χ1) is 7.70. The number of hydrogen-bond donors (Lipinski definition) is 2. The van der Waals surface area contributed by atoms with Crippen LogP contribution < -0.4 is 5.32 Å². The molecule has 0 fully saturated rings. The molecule has 3 heteroatoms. The summed E-state index contributed by atoms with van der Waals surface area (Å²) in [7, 11) is 4.05. The van der Waals surface area contributed by atoms with Gasteiger partial charge in [0, 0.05) is 24.7 Å². The van der Waals surface area contributed by atoms with Crippen LogP contribution in [0.25, 0.3) is 0 Å². The largest absolute Gasteiger partial charge is 0.508 e. The minimum Gasteiger partial charge on any atom is -0.508 e. The molecule has 0 amide bonds. The summed E-state index contributed by atoms with van der Waals surface area (Å²) in [6, 6.07) is 7.88. The van der Waals surface area contributed by atoms with Crippen LogP contribution in [0.1, 0.15) is 24.9 Å². The van der Waals surface area contributed by atoms with Crippen LogP contribution in [0, 0.1) is 0 Å². The molecule has 1 atom stereocenters. The van der Waals surface area contributed by atoms with Crippen molar-refractivity contribution in [2.24, 2.45) is 0 Å². The number of hydrogen-bond acceptors (Lipinski definition) is 3. The lowest BCUT2D eigenvalue weighted by Gasteiger charge is -2.27. The second-order valence-corrected chi connectivity index (χ2v) is 4.07. The van der Waals surface area contributed by atoms with E-state index in [-0.39, 0.29) is 6.04 Å². The highest BCUT2D eigenvalue weighted by atomic mass is 16.3. The summed E-state index contributed by atoms with van der Waals surface area (Å²) in [6.45, 7) is 4.08. The summed E-state index contributed by atoms with van der Waals surface area (Å²) in [5.74, 6) is 0.394. The van der Waals surface area contributed by atoms with Crippen molar-refractivity contribution >= 4 is 0 Å². The first kappa shape index (κ1) is 13.0. The van der Waals surface area contributed by atoms with E-state index >= 15 is 0 Å². The van der Waals surface area contributed by atoms with Crippen LogP contribution in [0.2, 0.25) is 0 Å². The Bertz CT molecular complexity index is 315. The zero-order valence-corrected chi connectivity index (χ0v) is 10.4. The number of likely N-dealkylation sites (N-methyl/N-ethyl adjacent to an activating group) is 2. The second kappa shape index (κ2) is 6.51. The van der Waals surface area contributed by atoms with Gasteiger partial charge in [0.1, 0.15) is 5.75 Å². The minimum atomic E-state index is 0.287. The lowest BCUT2D eigenvalue weighted by atomic mass is 10.0. The molecule has 0 radical (unpaired) electrons. The molecule has 2 N–H and O–H groups in total. The fourth-order valence-corrected chi connectivity index (χ4v) is 1.98. The van der Waals surface area contributed by atoms with Gasteiger partial charge in [-0.1, -0.05) is 25.1 Å². The topological polar surface area (TPSA) is 35.5 Å². The molecule has 0 heterocycles. The Morgan fingerprint density at radius 2 is 2.06 bits per heavy atom. The molecule has 0 aliphatic heterocycles. The quantitative estimate of drug-likeness (QED) is 0.772. The smallest absolute Gasteiger partial charge is 0.120 e. The molecule has 0 spiro atoms. The molecular weight excluding hydrogens is 200 g/mol. The maximum Gasteiger partial charge on any atom is 0.120 e. The van der Waals surface area contributed by atoms with Crippen LogP contribution in [0.3, 0.4) is 0 Å². The van der Waals surface area contributed by atoms with Crippen LogP contribution in [-0.2, 0) is 0 Å². The van der Waals surface area contributed by atoms with Crippen molar-refractivity contribution in [3.63, 3.8) is 0 Å². The van der Waals surface area contributed by atoms with Crippen molar-refractivity contribution in [2.45, 2.75) is 19.4 Å². The Labute approximate surface area is 98.1 Å². The average molecular weight is 222 g/mol. The van der Waals surface area contributed by atoms with Crippen LogP contribution in [0.15, 0.2) is 24.3 Å². The molecule has 90 valence electrons. The Balaban J connectivity index is 2.77. The van der Waals surface area contributed by atoms with Crippen molar-refractivity contribution in [1.82, 2.24) is 10.2 Å². The molecule has 0 aliphatic carbocycles. The third-order valence-electron chi connectivity index (χ3n) is 2.93. The first-order valence-electron chi connectivity index (χ1n) is 5.83. The number of nitrogens with one attached hydrogen (secondary N) is 1. The van der Waals surface area contributed by atoms with E-state index in [4.69, 9.17) is 0 Å². The van der Waals surface area contributed by atoms with Crippen molar-refractivity contribution in [3.05, 3.63) is 29.8 Å². The maximum atomic E-state index is 9.84. The SMILES string of the molecule is CCC(c1ccccc1O)N(C)CCNC. The normalized spacial score (nSPS) is 13.0. The fourth-order valence-electron chi connectivity index (χ4n) is 1.98. The zero-order valence-electron chi connectivity index (χ0n) is 10.4. The van der Waals surface area contributed by atoms with Gasteiger partial charge in [-0.05, 0) is 26.6 Å². The Morgan fingerprint density at radius 3 is 2.62 bits per heavy atom. The van der Waals surface area contributed by atoms with Crippen LogP contribution in [0.4, 0.5) is 0 Å². The molecule has 0 bridgehead atoms. The molecule has 1 unspecified atom stereocenters. The lowest BCUT2D eigenvalue weighted by molar-refractivity contribution is 0.236. The minimum absolute atomic E-state index is 0.287. The van der Waals surface area contributed by atoms with E-state index in [2.05, 4.69) is 24.2 Å². The van der Waals surface area contributed by atoms with E-state index in [0.717, 1.165) is 25.1 Å². The van der Waals surface area contributed by atoms with Crippen molar-refractivity contribution in [1.29, 1.82) is 0 Å². The van der Waals surface area contributed by atoms with Gasteiger partial charge in [-0.3, -0.25) is 4.90 Å². The molecule has 3 nitrogen and oxygen atoms in total. The maximum absolute atomic E-state index is 9.84. The monoisotopic (exact) mass is 222 g/mol. The van der Waals surface area contributed by atoms with E-state index in [9.17, 15) is 5.11 Å². The lowest BCUT2D eigenvalue weighted by Crippen LogP contribution is -2.30. The molecule has 1 aromatic rings. The van der Waals surface area contributed by atoms with Gasteiger partial charge in [0.2, 0.25) is 0 Å². The second-order valence-electron chi connectivity index (χ2n) is 4.07. The summed E-state index contributed by atoms with van der Waals surface area (Å²) in [4.78, 5) is 2.27. The summed E-state index contributed by atoms with van der Waals surface area (Å²) >= 11 is 0. The molecule has 1 aromatic carbocycles. The number of rotatable bonds is 6. The summed E-state index contributed by atoms with van der Waals surface area (Å²) < 4.78 is 0. The summed E-state index contributed by atoms with van der Waals surface area (Å²) in [5.41, 5.74) is 1.02. The van der Waals surface area contributed by atoms with Crippen molar-refractivity contribution < 1.29 is 5.11 Å². The van der Waals surface area contributed by atoms with Gasteiger partial charge in [0.25, 0.3) is 0 Å². The van der Waals surface area contributed by atoms with Gasteiger partial charge >= 0.3 is 0 Å². The molecule has 1 rings (SSSR count). The summed E-state index contributed by atoms with van der Waals surface area (Å²) in [6.07, 6.45) is 0.998. The standard InChI is InChI=1S/C13H22N2O/c1-4-12(15(3)10-9-14-2)11-7-5-6-8-13(11)16/h5-8,12,14,16H,4,9-10H2,1-3H3. The highest BCUT2D eigenvalue weighted by Gasteiger charge is 2.17. The van der Waals surface area contributed by atoms with E-state index in [1.807, 2.05) is 25.2 Å². The first-order valence-corrected chi connectivity index (χ1v) is 5.83. The molecule has 0 aliphatic rings. The summed E-state index contributed by atoms with van der Waals surface area (Å²) in [5, 5.41) is 13.0. The number of aromatic hydroxyl groups is 1. The predicted octanol–water partition coefficient (Wildman–Crippen LogP) is 1.99. The number of nitrogens with zero attached hydrogens (tertiary/aromatic N) is 1.